The maximum Gasteiger partial charge on any atom is 0.255 e. The number of nitrogens with two attached hydrogens (primary N) is 1. The summed E-state index contributed by atoms with van der Waals surface area (Å²) in [5.74, 6) is -0.796. The molecule has 0 aliphatic carbocycles. The summed E-state index contributed by atoms with van der Waals surface area (Å²) in [5, 5.41) is 8.10. The second-order valence-electron chi connectivity index (χ2n) is 5.35. The number of benzene rings is 2. The summed E-state index contributed by atoms with van der Waals surface area (Å²) < 4.78 is 0. The van der Waals surface area contributed by atoms with Crippen molar-refractivity contribution in [3.63, 3.8) is 0 Å². The van der Waals surface area contributed by atoms with E-state index in [-0.39, 0.29) is 30.7 Å². The highest BCUT2D eigenvalue weighted by Crippen LogP contribution is 2.22. The van der Waals surface area contributed by atoms with Crippen LogP contribution < -0.4 is 21.7 Å². The summed E-state index contributed by atoms with van der Waals surface area (Å²) in [6.07, 6.45) is 0.195. The summed E-state index contributed by atoms with van der Waals surface area (Å²) in [4.78, 5) is 35.3. The van der Waals surface area contributed by atoms with Crippen molar-refractivity contribution < 1.29 is 14.4 Å². The van der Waals surface area contributed by atoms with Crippen LogP contribution in [0.1, 0.15) is 23.7 Å². The lowest BCUT2D eigenvalue weighted by Crippen LogP contribution is -2.19. The van der Waals surface area contributed by atoms with Crippen molar-refractivity contribution in [1.82, 2.24) is 0 Å². The van der Waals surface area contributed by atoms with Crippen molar-refractivity contribution in [3.8, 4) is 0 Å². The van der Waals surface area contributed by atoms with Gasteiger partial charge in [0.05, 0.1) is 11.4 Å². The molecule has 0 saturated carbocycles. The van der Waals surface area contributed by atoms with Gasteiger partial charge in [-0.1, -0.05) is 18.2 Å². The van der Waals surface area contributed by atoms with Gasteiger partial charge < -0.3 is 21.7 Å². The molecule has 7 heteroatoms. The first-order valence-electron chi connectivity index (χ1n) is 7.77. The minimum Gasteiger partial charge on any atom is -0.330 e. The molecule has 0 aromatic heterocycles. The molecule has 0 aliphatic heterocycles. The number of nitrogens with one attached hydrogen (secondary N) is 3. The molecule has 0 unspecified atom stereocenters. The molecule has 0 heterocycles. The van der Waals surface area contributed by atoms with Crippen LogP contribution in [0.15, 0.2) is 48.5 Å². The molecule has 7 nitrogen and oxygen atoms in total. The zero-order chi connectivity index (χ0) is 18.2. The third-order valence-electron chi connectivity index (χ3n) is 3.27. The molecule has 0 radical (unpaired) electrons. The van der Waals surface area contributed by atoms with Crippen LogP contribution in [0.3, 0.4) is 0 Å². The summed E-state index contributed by atoms with van der Waals surface area (Å²) in [6, 6.07) is 13.5. The van der Waals surface area contributed by atoms with Crippen LogP contribution in [-0.4, -0.2) is 24.3 Å². The van der Waals surface area contributed by atoms with Crippen molar-refractivity contribution in [2.24, 2.45) is 5.73 Å². The SMILES string of the molecule is CC(=O)Nc1cccc(C(=O)Nc2ccccc2NC(=O)CCN)c1. The van der Waals surface area contributed by atoms with E-state index in [0.717, 1.165) is 0 Å². The third-order valence-corrected chi connectivity index (χ3v) is 3.27. The van der Waals surface area contributed by atoms with Gasteiger partial charge in [0.1, 0.15) is 0 Å². The van der Waals surface area contributed by atoms with Gasteiger partial charge in [0.15, 0.2) is 0 Å². The topological polar surface area (TPSA) is 113 Å². The van der Waals surface area contributed by atoms with Crippen molar-refractivity contribution in [2.75, 3.05) is 22.5 Å². The number of anilines is 3. The van der Waals surface area contributed by atoms with E-state index in [9.17, 15) is 14.4 Å². The smallest absolute Gasteiger partial charge is 0.255 e. The number of amides is 3. The zero-order valence-electron chi connectivity index (χ0n) is 13.8. The number of para-hydroxylation sites is 2. The van der Waals surface area contributed by atoms with Crippen LogP contribution in [0.2, 0.25) is 0 Å². The third kappa shape index (κ3) is 5.43. The lowest BCUT2D eigenvalue weighted by molar-refractivity contribution is -0.116. The molecule has 130 valence electrons. The molecule has 5 N–H and O–H groups in total. The molecule has 2 rings (SSSR count). The Labute approximate surface area is 145 Å². The van der Waals surface area contributed by atoms with E-state index in [2.05, 4.69) is 16.0 Å². The maximum atomic E-state index is 12.5. The standard InChI is InChI=1S/C18H20N4O3/c1-12(23)20-14-6-4-5-13(11-14)18(25)22-16-8-3-2-7-15(16)21-17(24)9-10-19/h2-8,11H,9-10,19H2,1H3,(H,20,23)(H,21,24)(H,22,25). The Morgan fingerprint density at radius 2 is 1.60 bits per heavy atom. The van der Waals surface area contributed by atoms with Gasteiger partial charge in [0, 0.05) is 31.1 Å². The predicted octanol–water partition coefficient (Wildman–Crippen LogP) is 2.18. The number of carbonyl (C=O) groups is 3. The van der Waals surface area contributed by atoms with E-state index in [1.165, 1.54) is 6.92 Å². The van der Waals surface area contributed by atoms with Crippen LogP contribution in [0, 0.1) is 0 Å². The Morgan fingerprint density at radius 3 is 2.24 bits per heavy atom. The molecule has 2 aromatic rings. The fourth-order valence-corrected chi connectivity index (χ4v) is 2.18. The van der Waals surface area contributed by atoms with Gasteiger partial charge in [-0.3, -0.25) is 14.4 Å². The second-order valence-corrected chi connectivity index (χ2v) is 5.35. The first kappa shape index (κ1) is 18.2. The Bertz CT molecular complexity index is 789. The highest BCUT2D eigenvalue weighted by molar-refractivity contribution is 6.08. The largest absolute Gasteiger partial charge is 0.330 e. The molecule has 0 fully saturated rings. The minimum atomic E-state index is -0.354. The fourth-order valence-electron chi connectivity index (χ4n) is 2.18. The maximum absolute atomic E-state index is 12.5. The summed E-state index contributed by atoms with van der Waals surface area (Å²) in [6.45, 7) is 1.64. The minimum absolute atomic E-state index is 0.195. The summed E-state index contributed by atoms with van der Waals surface area (Å²) >= 11 is 0. The van der Waals surface area contributed by atoms with Gasteiger partial charge in [0.2, 0.25) is 11.8 Å². The van der Waals surface area contributed by atoms with Gasteiger partial charge in [-0.05, 0) is 30.3 Å². The van der Waals surface area contributed by atoms with E-state index >= 15 is 0 Å². The van der Waals surface area contributed by atoms with E-state index in [1.54, 1.807) is 48.5 Å². The van der Waals surface area contributed by atoms with Gasteiger partial charge in [0.25, 0.3) is 5.91 Å². The quantitative estimate of drug-likeness (QED) is 0.645. The second kappa shape index (κ2) is 8.60. The van der Waals surface area contributed by atoms with Crippen molar-refractivity contribution >= 4 is 34.8 Å². The Morgan fingerprint density at radius 1 is 0.920 bits per heavy atom. The lowest BCUT2D eigenvalue weighted by Gasteiger charge is -2.12. The van der Waals surface area contributed by atoms with Crippen LogP contribution in [0.25, 0.3) is 0 Å². The average Bonchev–Trinajstić information content (AvgIpc) is 2.56. The molecular weight excluding hydrogens is 320 g/mol. The molecule has 2 aromatic carbocycles. The predicted molar refractivity (Wildman–Crippen MR) is 97.4 cm³/mol. The van der Waals surface area contributed by atoms with E-state index in [4.69, 9.17) is 5.73 Å². The zero-order valence-corrected chi connectivity index (χ0v) is 13.8. The molecule has 0 bridgehead atoms. The molecular formula is C18H20N4O3. The first-order valence-corrected chi connectivity index (χ1v) is 7.77. The van der Waals surface area contributed by atoms with Crippen LogP contribution in [0.4, 0.5) is 17.1 Å². The van der Waals surface area contributed by atoms with Crippen molar-refractivity contribution in [3.05, 3.63) is 54.1 Å². The van der Waals surface area contributed by atoms with Crippen LogP contribution in [0.5, 0.6) is 0 Å². The normalized spacial score (nSPS) is 10.0. The highest BCUT2D eigenvalue weighted by Gasteiger charge is 2.11. The van der Waals surface area contributed by atoms with E-state index < -0.39 is 0 Å². The monoisotopic (exact) mass is 340 g/mol. The fraction of sp³-hybridized carbons (Fsp3) is 0.167. The van der Waals surface area contributed by atoms with Gasteiger partial charge in [-0.25, -0.2) is 0 Å². The Kier molecular flexibility index (Phi) is 6.25. The first-order chi connectivity index (χ1) is 12.0. The van der Waals surface area contributed by atoms with Crippen LogP contribution >= 0.6 is 0 Å². The lowest BCUT2D eigenvalue weighted by atomic mass is 10.1. The number of hydrogen-bond acceptors (Lipinski definition) is 4. The van der Waals surface area contributed by atoms with Crippen LogP contribution in [-0.2, 0) is 9.59 Å². The van der Waals surface area contributed by atoms with E-state index in [0.29, 0.717) is 22.6 Å². The van der Waals surface area contributed by atoms with Gasteiger partial charge >= 0.3 is 0 Å². The number of rotatable bonds is 6. The molecule has 0 saturated heterocycles. The van der Waals surface area contributed by atoms with Crippen molar-refractivity contribution in [1.29, 1.82) is 0 Å². The summed E-state index contributed by atoms with van der Waals surface area (Å²) in [5.41, 5.74) is 7.25. The molecule has 0 atom stereocenters. The van der Waals surface area contributed by atoms with Crippen molar-refractivity contribution in [2.45, 2.75) is 13.3 Å². The molecule has 0 spiro atoms. The van der Waals surface area contributed by atoms with Gasteiger partial charge in [-0.15, -0.1) is 0 Å². The molecule has 25 heavy (non-hydrogen) atoms. The Balaban J connectivity index is 2.15. The average molecular weight is 340 g/mol. The summed E-state index contributed by atoms with van der Waals surface area (Å²) in [7, 11) is 0. The van der Waals surface area contributed by atoms with Gasteiger partial charge in [-0.2, -0.15) is 0 Å². The number of carbonyl (C=O) groups excluding carboxylic acids is 3. The molecule has 0 aliphatic rings. The molecule has 3 amide bonds. The highest BCUT2D eigenvalue weighted by atomic mass is 16.2. The Hall–Kier alpha value is -3.19. The number of hydrogen-bond donors (Lipinski definition) is 4. The van der Waals surface area contributed by atoms with E-state index in [1.807, 2.05) is 0 Å².